The van der Waals surface area contributed by atoms with Crippen LogP contribution in [0.25, 0.3) is 0 Å². The van der Waals surface area contributed by atoms with Gasteiger partial charge in [-0.05, 0) is 39.8 Å². The Bertz CT molecular complexity index is 344. The first-order valence-corrected chi connectivity index (χ1v) is 6.18. The highest BCUT2D eigenvalue weighted by Gasteiger charge is 2.11. The normalized spacial score (nSPS) is 11.6. The second-order valence-corrected chi connectivity index (χ2v) is 5.21. The Morgan fingerprint density at radius 2 is 1.88 bits per heavy atom. The zero-order valence-corrected chi connectivity index (χ0v) is 11.3. The molecule has 0 spiro atoms. The van der Waals surface area contributed by atoms with Crippen LogP contribution in [0, 0.1) is 5.82 Å². The number of rotatable bonds is 5. The molecule has 0 fully saturated rings. The third-order valence-corrected chi connectivity index (χ3v) is 2.61. The molecule has 1 rings (SSSR count). The number of hydrogen-bond donors (Lipinski definition) is 1. The highest BCUT2D eigenvalue weighted by molar-refractivity contribution is 5.47. The van der Waals surface area contributed by atoms with E-state index in [4.69, 9.17) is 0 Å². The van der Waals surface area contributed by atoms with Crippen molar-refractivity contribution in [3.05, 3.63) is 30.1 Å². The monoisotopic (exact) mass is 238 g/mol. The molecule has 0 aliphatic heterocycles. The summed E-state index contributed by atoms with van der Waals surface area (Å²) in [7, 11) is 0. The van der Waals surface area contributed by atoms with Gasteiger partial charge in [0.1, 0.15) is 5.82 Å². The first-order valence-electron chi connectivity index (χ1n) is 6.18. The first-order chi connectivity index (χ1) is 7.94. The van der Waals surface area contributed by atoms with Gasteiger partial charge in [-0.25, -0.2) is 4.39 Å². The van der Waals surface area contributed by atoms with Gasteiger partial charge in [-0.3, -0.25) is 0 Å². The van der Waals surface area contributed by atoms with Crippen LogP contribution in [-0.2, 0) is 0 Å². The molecule has 0 atom stereocenters. The minimum absolute atomic E-state index is 0.106. The lowest BCUT2D eigenvalue weighted by Crippen LogP contribution is -2.41. The lowest BCUT2D eigenvalue weighted by atomic mass is 10.1. The van der Waals surface area contributed by atoms with Crippen LogP contribution in [0.4, 0.5) is 10.1 Å². The summed E-state index contributed by atoms with van der Waals surface area (Å²) in [5.41, 5.74) is 0.792. The van der Waals surface area contributed by atoms with Gasteiger partial charge >= 0.3 is 0 Å². The average Bonchev–Trinajstić information content (AvgIpc) is 2.24. The molecule has 1 N–H and O–H groups in total. The number of likely N-dealkylation sites (N-methyl/N-ethyl adjacent to an activating group) is 1. The van der Waals surface area contributed by atoms with Gasteiger partial charge in [0.05, 0.1) is 5.69 Å². The largest absolute Gasteiger partial charge is 0.368 e. The summed E-state index contributed by atoms with van der Waals surface area (Å²) in [5.74, 6) is -0.148. The van der Waals surface area contributed by atoms with Crippen LogP contribution in [0.5, 0.6) is 0 Å². The van der Waals surface area contributed by atoms with Crippen LogP contribution >= 0.6 is 0 Å². The molecule has 1 aromatic carbocycles. The molecule has 0 saturated carbocycles. The van der Waals surface area contributed by atoms with Crippen molar-refractivity contribution in [3.8, 4) is 0 Å². The van der Waals surface area contributed by atoms with Gasteiger partial charge in [-0.1, -0.05) is 12.1 Å². The quantitative estimate of drug-likeness (QED) is 0.848. The minimum Gasteiger partial charge on any atom is -0.368 e. The Labute approximate surface area is 104 Å². The average molecular weight is 238 g/mol. The molecule has 0 heterocycles. The Morgan fingerprint density at radius 3 is 2.41 bits per heavy atom. The standard InChI is InChI=1S/C14H23FN2/c1-5-17(11-10-16-14(2,3)4)13-9-7-6-8-12(13)15/h6-9,16H,5,10-11H2,1-4H3. The number of nitrogens with zero attached hydrogens (tertiary/aromatic N) is 1. The molecule has 0 amide bonds. The van der Waals surface area contributed by atoms with Crippen LogP contribution in [0.2, 0.25) is 0 Å². The van der Waals surface area contributed by atoms with E-state index in [2.05, 4.69) is 26.1 Å². The summed E-state index contributed by atoms with van der Waals surface area (Å²) >= 11 is 0. The minimum atomic E-state index is -0.148. The van der Waals surface area contributed by atoms with Crippen molar-refractivity contribution < 1.29 is 4.39 Å². The maximum absolute atomic E-state index is 13.6. The van der Waals surface area contributed by atoms with E-state index in [0.29, 0.717) is 5.69 Å². The number of anilines is 1. The Morgan fingerprint density at radius 1 is 1.24 bits per heavy atom. The summed E-state index contributed by atoms with van der Waals surface area (Å²) in [6.45, 7) is 10.9. The molecule has 0 aromatic heterocycles. The van der Waals surface area contributed by atoms with Crippen molar-refractivity contribution >= 4 is 5.69 Å². The molecule has 0 bridgehead atoms. The van der Waals surface area contributed by atoms with E-state index < -0.39 is 0 Å². The van der Waals surface area contributed by atoms with Crippen molar-refractivity contribution in [1.82, 2.24) is 5.32 Å². The fraction of sp³-hybridized carbons (Fsp3) is 0.571. The van der Waals surface area contributed by atoms with Gasteiger partial charge in [-0.15, -0.1) is 0 Å². The zero-order valence-electron chi connectivity index (χ0n) is 11.3. The van der Waals surface area contributed by atoms with Gasteiger partial charge in [0.2, 0.25) is 0 Å². The lowest BCUT2D eigenvalue weighted by Gasteiger charge is -2.27. The summed E-state index contributed by atoms with van der Waals surface area (Å²) < 4.78 is 13.6. The molecule has 0 aliphatic carbocycles. The predicted octanol–water partition coefficient (Wildman–Crippen LogP) is 3.04. The second kappa shape index (κ2) is 6.01. The summed E-state index contributed by atoms with van der Waals surface area (Å²) in [4.78, 5) is 2.05. The molecule has 1 aromatic rings. The summed E-state index contributed by atoms with van der Waals surface area (Å²) in [6, 6.07) is 6.93. The van der Waals surface area contributed by atoms with Gasteiger partial charge in [0, 0.05) is 25.2 Å². The van der Waals surface area contributed by atoms with Crippen molar-refractivity contribution in [2.45, 2.75) is 33.2 Å². The number of benzene rings is 1. The first kappa shape index (κ1) is 14.0. The molecule has 17 heavy (non-hydrogen) atoms. The van der Waals surface area contributed by atoms with Gasteiger partial charge in [0.25, 0.3) is 0 Å². The van der Waals surface area contributed by atoms with Crippen molar-refractivity contribution in [1.29, 1.82) is 0 Å². The fourth-order valence-corrected chi connectivity index (χ4v) is 1.72. The Balaban J connectivity index is 2.58. The molecule has 0 radical (unpaired) electrons. The van der Waals surface area contributed by atoms with Gasteiger partial charge < -0.3 is 10.2 Å². The van der Waals surface area contributed by atoms with Crippen molar-refractivity contribution in [2.24, 2.45) is 0 Å². The highest BCUT2D eigenvalue weighted by atomic mass is 19.1. The van der Waals surface area contributed by atoms with E-state index >= 15 is 0 Å². The molecule has 0 unspecified atom stereocenters. The summed E-state index contributed by atoms with van der Waals surface area (Å²) in [6.07, 6.45) is 0. The molecular weight excluding hydrogens is 215 g/mol. The maximum atomic E-state index is 13.6. The van der Waals surface area contributed by atoms with E-state index in [-0.39, 0.29) is 11.4 Å². The maximum Gasteiger partial charge on any atom is 0.146 e. The van der Waals surface area contributed by atoms with Crippen LogP contribution in [0.15, 0.2) is 24.3 Å². The molecule has 96 valence electrons. The third-order valence-electron chi connectivity index (χ3n) is 2.61. The molecule has 2 nitrogen and oxygen atoms in total. The number of hydrogen-bond acceptors (Lipinski definition) is 2. The molecular formula is C14H23FN2. The third kappa shape index (κ3) is 4.73. The second-order valence-electron chi connectivity index (χ2n) is 5.21. The van der Waals surface area contributed by atoms with Gasteiger partial charge in [-0.2, -0.15) is 0 Å². The topological polar surface area (TPSA) is 15.3 Å². The van der Waals surface area contributed by atoms with Gasteiger partial charge in [0.15, 0.2) is 0 Å². The molecule has 3 heteroatoms. The molecule has 0 aliphatic rings. The Hall–Kier alpha value is -1.09. The molecule has 0 saturated heterocycles. The predicted molar refractivity (Wildman–Crippen MR) is 72.0 cm³/mol. The summed E-state index contributed by atoms with van der Waals surface area (Å²) in [5, 5.41) is 3.41. The SMILES string of the molecule is CCN(CCNC(C)(C)C)c1ccccc1F. The van der Waals surface area contributed by atoms with Crippen LogP contribution in [-0.4, -0.2) is 25.2 Å². The van der Waals surface area contributed by atoms with Crippen LogP contribution < -0.4 is 10.2 Å². The van der Waals surface area contributed by atoms with E-state index in [1.165, 1.54) is 6.07 Å². The van der Waals surface area contributed by atoms with E-state index in [1.54, 1.807) is 6.07 Å². The van der Waals surface area contributed by atoms with E-state index in [9.17, 15) is 4.39 Å². The zero-order chi connectivity index (χ0) is 12.9. The van der Waals surface area contributed by atoms with E-state index in [0.717, 1.165) is 19.6 Å². The number of halogens is 1. The van der Waals surface area contributed by atoms with Crippen LogP contribution in [0.3, 0.4) is 0 Å². The Kier molecular flexibility index (Phi) is 4.94. The highest BCUT2D eigenvalue weighted by Crippen LogP contribution is 2.17. The smallest absolute Gasteiger partial charge is 0.146 e. The van der Waals surface area contributed by atoms with Crippen LogP contribution in [0.1, 0.15) is 27.7 Å². The number of nitrogens with one attached hydrogen (secondary N) is 1. The van der Waals surface area contributed by atoms with Crippen molar-refractivity contribution in [2.75, 3.05) is 24.5 Å². The van der Waals surface area contributed by atoms with Crippen molar-refractivity contribution in [3.63, 3.8) is 0 Å². The fourth-order valence-electron chi connectivity index (χ4n) is 1.72. The lowest BCUT2D eigenvalue weighted by molar-refractivity contribution is 0.429. The number of para-hydroxylation sites is 1. The van der Waals surface area contributed by atoms with E-state index in [1.807, 2.05) is 24.0 Å².